The van der Waals surface area contributed by atoms with Crippen molar-refractivity contribution in [1.29, 1.82) is 0 Å². The summed E-state index contributed by atoms with van der Waals surface area (Å²) >= 11 is 7.51. The molecule has 2 fully saturated rings. The van der Waals surface area contributed by atoms with Crippen LogP contribution in [0.5, 0.6) is 0 Å². The third kappa shape index (κ3) is 2.58. The highest BCUT2D eigenvalue weighted by molar-refractivity contribution is 7.21. The molecule has 0 spiro atoms. The predicted octanol–water partition coefficient (Wildman–Crippen LogP) is 3.43. The van der Waals surface area contributed by atoms with Gasteiger partial charge in [-0.25, -0.2) is 4.39 Å². The minimum Gasteiger partial charge on any atom is -0.351 e. The van der Waals surface area contributed by atoms with Gasteiger partial charge < -0.3 is 10.2 Å². The Morgan fingerprint density at radius 3 is 2.96 bits per heavy atom. The van der Waals surface area contributed by atoms with Gasteiger partial charge in [0.25, 0.3) is 5.91 Å². The fraction of sp³-hybridized carbons (Fsp3) is 0.412. The quantitative estimate of drug-likeness (QED) is 0.840. The maximum atomic E-state index is 14.0. The van der Waals surface area contributed by atoms with Crippen molar-refractivity contribution in [3.8, 4) is 0 Å². The fourth-order valence-electron chi connectivity index (χ4n) is 3.57. The van der Waals surface area contributed by atoms with Crippen molar-refractivity contribution in [2.75, 3.05) is 13.1 Å². The highest BCUT2D eigenvalue weighted by Gasteiger charge is 2.35. The lowest BCUT2D eigenvalue weighted by atomic mass is 9.99. The van der Waals surface area contributed by atoms with Gasteiger partial charge >= 0.3 is 0 Å². The number of fused-ring (bicyclic) bond motifs is 4. The molecule has 2 aliphatic heterocycles. The zero-order valence-electron chi connectivity index (χ0n) is 12.9. The van der Waals surface area contributed by atoms with Gasteiger partial charge in [-0.3, -0.25) is 9.59 Å². The summed E-state index contributed by atoms with van der Waals surface area (Å²) in [5.74, 6) is -0.779. The average Bonchev–Trinajstić information content (AvgIpc) is 2.66. The zero-order chi connectivity index (χ0) is 16.8. The van der Waals surface area contributed by atoms with Gasteiger partial charge in [0.05, 0.1) is 10.9 Å². The van der Waals surface area contributed by atoms with E-state index in [1.54, 1.807) is 17.0 Å². The summed E-state index contributed by atoms with van der Waals surface area (Å²) in [6.45, 7) is 0.877. The number of thiophene rings is 1. The van der Waals surface area contributed by atoms with E-state index in [-0.39, 0.29) is 28.8 Å². The topological polar surface area (TPSA) is 49.4 Å². The Balaban J connectivity index is 1.70. The molecule has 3 heterocycles. The average molecular weight is 367 g/mol. The molecule has 1 aromatic heterocycles. The summed E-state index contributed by atoms with van der Waals surface area (Å²) in [5, 5.41) is 3.48. The maximum absolute atomic E-state index is 14.0. The number of carbonyl (C=O) groups excluding carboxylic acids is 2. The Bertz CT molecular complexity index is 837. The molecular weight excluding hydrogens is 351 g/mol. The highest BCUT2D eigenvalue weighted by Crippen LogP contribution is 2.38. The van der Waals surface area contributed by atoms with E-state index in [0.29, 0.717) is 28.1 Å². The number of hydrogen-bond acceptors (Lipinski definition) is 3. The minimum atomic E-state index is -0.419. The summed E-state index contributed by atoms with van der Waals surface area (Å²) in [6.07, 6.45) is 2.66. The van der Waals surface area contributed by atoms with Gasteiger partial charge in [0, 0.05) is 29.2 Å². The van der Waals surface area contributed by atoms with Crippen molar-refractivity contribution in [2.24, 2.45) is 5.92 Å². The number of rotatable bonds is 1. The first-order valence-electron chi connectivity index (χ1n) is 8.00. The first-order chi connectivity index (χ1) is 11.5. The van der Waals surface area contributed by atoms with E-state index in [1.807, 2.05) is 0 Å². The van der Waals surface area contributed by atoms with Gasteiger partial charge in [-0.1, -0.05) is 24.1 Å². The Morgan fingerprint density at radius 2 is 2.17 bits per heavy atom. The van der Waals surface area contributed by atoms with Crippen molar-refractivity contribution < 1.29 is 14.0 Å². The minimum absolute atomic E-state index is 0.0150. The van der Waals surface area contributed by atoms with Gasteiger partial charge in [-0.15, -0.1) is 11.3 Å². The Hall–Kier alpha value is -1.66. The molecule has 1 aromatic carbocycles. The number of benzene rings is 1. The Morgan fingerprint density at radius 1 is 1.33 bits per heavy atom. The monoisotopic (exact) mass is 366 g/mol. The standard InChI is InChI=1S/C17H16ClFN2O2S/c18-14-13-11(19)5-2-6-12(13)24-15(14)17(23)21-7-9-3-1-4-10(8-21)20-16(9)22/h2,5-6,9-10H,1,3-4,7-8H2,(H,20,22)/t9-,10-/m0/s1. The Labute approximate surface area is 147 Å². The van der Waals surface area contributed by atoms with Gasteiger partial charge in [0.2, 0.25) is 5.91 Å². The van der Waals surface area contributed by atoms with Crippen LogP contribution in [-0.2, 0) is 4.79 Å². The summed E-state index contributed by atoms with van der Waals surface area (Å²) in [6, 6.07) is 4.69. The first-order valence-corrected chi connectivity index (χ1v) is 9.20. The molecule has 2 saturated heterocycles. The molecular formula is C17H16ClFN2O2S. The largest absolute Gasteiger partial charge is 0.351 e. The Kier molecular flexibility index (Phi) is 3.96. The predicted molar refractivity (Wildman–Crippen MR) is 92.0 cm³/mol. The number of amides is 2. The summed E-state index contributed by atoms with van der Waals surface area (Å²) in [5.41, 5.74) is 0. The van der Waals surface area contributed by atoms with Gasteiger partial charge in [0.1, 0.15) is 10.7 Å². The summed E-state index contributed by atoms with van der Waals surface area (Å²) in [7, 11) is 0. The molecule has 1 N–H and O–H groups in total. The van der Waals surface area contributed by atoms with E-state index in [2.05, 4.69) is 5.32 Å². The normalized spacial score (nSPS) is 23.9. The number of halogens is 2. The summed E-state index contributed by atoms with van der Waals surface area (Å²) < 4.78 is 14.7. The molecule has 126 valence electrons. The van der Waals surface area contributed by atoms with E-state index in [1.165, 1.54) is 17.4 Å². The first kappa shape index (κ1) is 15.8. The summed E-state index contributed by atoms with van der Waals surface area (Å²) in [4.78, 5) is 27.2. The fourth-order valence-corrected chi connectivity index (χ4v) is 5.09. The van der Waals surface area contributed by atoms with Crippen LogP contribution in [0, 0.1) is 11.7 Å². The third-order valence-electron chi connectivity index (χ3n) is 4.79. The van der Waals surface area contributed by atoms with Gasteiger partial charge in [-0.2, -0.15) is 0 Å². The smallest absolute Gasteiger partial charge is 0.265 e. The van der Waals surface area contributed by atoms with Crippen LogP contribution < -0.4 is 5.32 Å². The molecule has 0 unspecified atom stereocenters. The molecule has 2 atom stereocenters. The van der Waals surface area contributed by atoms with Crippen molar-refractivity contribution >= 4 is 44.8 Å². The lowest BCUT2D eigenvalue weighted by molar-refractivity contribution is -0.124. The van der Waals surface area contributed by atoms with E-state index in [0.717, 1.165) is 19.3 Å². The zero-order valence-corrected chi connectivity index (χ0v) is 14.4. The molecule has 2 amide bonds. The highest BCUT2D eigenvalue weighted by atomic mass is 35.5. The van der Waals surface area contributed by atoms with E-state index in [4.69, 9.17) is 11.6 Å². The molecule has 0 saturated carbocycles. The van der Waals surface area contributed by atoms with Crippen molar-refractivity contribution in [3.63, 3.8) is 0 Å². The van der Waals surface area contributed by atoms with Crippen LogP contribution in [0.2, 0.25) is 5.02 Å². The molecule has 2 bridgehead atoms. The van der Waals surface area contributed by atoms with Crippen LogP contribution in [0.4, 0.5) is 4.39 Å². The molecule has 4 nitrogen and oxygen atoms in total. The van der Waals surface area contributed by atoms with Crippen LogP contribution >= 0.6 is 22.9 Å². The molecule has 2 aliphatic rings. The number of likely N-dealkylation sites (tertiary alicyclic amines) is 1. The van der Waals surface area contributed by atoms with Crippen molar-refractivity contribution in [1.82, 2.24) is 10.2 Å². The molecule has 0 radical (unpaired) electrons. The second-order valence-corrected chi connectivity index (χ2v) is 7.83. The maximum Gasteiger partial charge on any atom is 0.265 e. The van der Waals surface area contributed by atoms with Crippen LogP contribution in [0.3, 0.4) is 0 Å². The van der Waals surface area contributed by atoms with Gasteiger partial charge in [0.15, 0.2) is 0 Å². The van der Waals surface area contributed by atoms with E-state index < -0.39 is 5.82 Å². The molecule has 7 heteroatoms. The molecule has 4 rings (SSSR count). The van der Waals surface area contributed by atoms with Gasteiger partial charge in [-0.05, 0) is 25.0 Å². The van der Waals surface area contributed by atoms with E-state index in [9.17, 15) is 14.0 Å². The molecule has 24 heavy (non-hydrogen) atoms. The van der Waals surface area contributed by atoms with Crippen LogP contribution in [0.15, 0.2) is 18.2 Å². The number of nitrogens with one attached hydrogen (secondary N) is 1. The second kappa shape index (κ2) is 6.01. The number of carbonyl (C=O) groups is 2. The molecule has 0 aliphatic carbocycles. The van der Waals surface area contributed by atoms with Crippen molar-refractivity contribution in [2.45, 2.75) is 25.3 Å². The number of nitrogens with zero attached hydrogens (tertiary/aromatic N) is 1. The van der Waals surface area contributed by atoms with Crippen LogP contribution in [0.1, 0.15) is 28.9 Å². The third-order valence-corrected chi connectivity index (χ3v) is 6.42. The van der Waals surface area contributed by atoms with Crippen LogP contribution in [-0.4, -0.2) is 35.8 Å². The lowest BCUT2D eigenvalue weighted by Gasteiger charge is -2.27. The van der Waals surface area contributed by atoms with E-state index >= 15 is 0 Å². The second-order valence-electron chi connectivity index (χ2n) is 6.40. The lowest BCUT2D eigenvalue weighted by Crippen LogP contribution is -2.41. The SMILES string of the molecule is O=C1N[C@H]2CCC[C@H]1CN(C(=O)c1sc3cccc(F)c3c1Cl)C2. The number of hydrogen-bond donors (Lipinski definition) is 1. The molecule has 2 aromatic rings. The van der Waals surface area contributed by atoms with Crippen LogP contribution in [0.25, 0.3) is 10.1 Å². The van der Waals surface area contributed by atoms with Crippen molar-refractivity contribution in [3.05, 3.63) is 33.9 Å².